The molecule has 3 aromatic carbocycles. The Morgan fingerprint density at radius 1 is 0.839 bits per heavy atom. The zero-order valence-corrected chi connectivity index (χ0v) is 17.6. The van der Waals surface area contributed by atoms with Gasteiger partial charge in [0.15, 0.2) is 0 Å². The van der Waals surface area contributed by atoms with Gasteiger partial charge in [0.05, 0.1) is 30.4 Å². The van der Waals surface area contributed by atoms with Crippen molar-refractivity contribution < 1.29 is 27.5 Å². The molecule has 0 aliphatic heterocycles. The van der Waals surface area contributed by atoms with Gasteiger partial charge in [0.25, 0.3) is 15.9 Å². The van der Waals surface area contributed by atoms with Gasteiger partial charge < -0.3 is 14.8 Å². The molecule has 3 aromatic rings. The number of nitrogens with one attached hydrogen (secondary N) is 2. The molecule has 0 saturated heterocycles. The van der Waals surface area contributed by atoms with Crippen LogP contribution in [0.4, 0.5) is 11.4 Å². The van der Waals surface area contributed by atoms with Crippen molar-refractivity contribution >= 4 is 33.3 Å². The van der Waals surface area contributed by atoms with Gasteiger partial charge in [-0.1, -0.05) is 18.2 Å². The maximum atomic E-state index is 12.6. The molecule has 2 N–H and O–H groups in total. The van der Waals surface area contributed by atoms with Crippen molar-refractivity contribution in [2.24, 2.45) is 0 Å². The monoisotopic (exact) mass is 440 g/mol. The molecule has 0 radical (unpaired) electrons. The fourth-order valence-electron chi connectivity index (χ4n) is 2.75. The summed E-state index contributed by atoms with van der Waals surface area (Å²) in [6, 6.07) is 18.4. The van der Waals surface area contributed by atoms with E-state index in [0.717, 1.165) is 0 Å². The highest BCUT2D eigenvalue weighted by molar-refractivity contribution is 7.92. The van der Waals surface area contributed by atoms with Crippen LogP contribution in [-0.4, -0.2) is 34.5 Å². The van der Waals surface area contributed by atoms with E-state index in [4.69, 9.17) is 4.74 Å². The van der Waals surface area contributed by atoms with Crippen LogP contribution in [0.25, 0.3) is 0 Å². The minimum atomic E-state index is -3.94. The summed E-state index contributed by atoms with van der Waals surface area (Å²) in [5, 5.41) is 2.75. The molecule has 0 atom stereocenters. The van der Waals surface area contributed by atoms with Crippen LogP contribution < -0.4 is 14.8 Å². The van der Waals surface area contributed by atoms with Gasteiger partial charge >= 0.3 is 5.97 Å². The molecule has 0 saturated carbocycles. The number of esters is 1. The summed E-state index contributed by atoms with van der Waals surface area (Å²) in [5.41, 5.74) is 1.23. The molecule has 0 aliphatic rings. The fraction of sp³-hybridized carbons (Fsp3) is 0.0909. The summed E-state index contributed by atoms with van der Waals surface area (Å²) in [6.07, 6.45) is 0. The number of methoxy groups -OCH3 is 2. The van der Waals surface area contributed by atoms with E-state index in [2.05, 4.69) is 14.8 Å². The number of ether oxygens (including phenoxy) is 2. The minimum absolute atomic E-state index is 0.0895. The number of para-hydroxylation sites is 2. The van der Waals surface area contributed by atoms with E-state index in [1.807, 2.05) is 0 Å². The summed E-state index contributed by atoms with van der Waals surface area (Å²) in [5.74, 6) is -0.485. The Bertz CT molecular complexity index is 1210. The Morgan fingerprint density at radius 2 is 1.55 bits per heavy atom. The highest BCUT2D eigenvalue weighted by atomic mass is 32.2. The molecular formula is C22H20N2O6S. The van der Waals surface area contributed by atoms with Crippen LogP contribution in [0.2, 0.25) is 0 Å². The average Bonchev–Trinajstić information content (AvgIpc) is 2.79. The molecule has 8 nitrogen and oxygen atoms in total. The van der Waals surface area contributed by atoms with Crippen LogP contribution in [0, 0.1) is 0 Å². The van der Waals surface area contributed by atoms with Gasteiger partial charge in [0.2, 0.25) is 0 Å². The molecule has 0 spiro atoms. The molecule has 0 bridgehead atoms. The van der Waals surface area contributed by atoms with Crippen LogP contribution in [0.3, 0.4) is 0 Å². The lowest BCUT2D eigenvalue weighted by Crippen LogP contribution is -2.15. The summed E-state index contributed by atoms with van der Waals surface area (Å²) < 4.78 is 37.5. The van der Waals surface area contributed by atoms with E-state index in [1.165, 1.54) is 62.8 Å². The molecule has 1 amide bonds. The predicted octanol–water partition coefficient (Wildman–Crippen LogP) is 3.53. The zero-order chi connectivity index (χ0) is 22.4. The van der Waals surface area contributed by atoms with E-state index in [0.29, 0.717) is 17.0 Å². The van der Waals surface area contributed by atoms with Crippen molar-refractivity contribution in [2.75, 3.05) is 24.3 Å². The van der Waals surface area contributed by atoms with Crippen LogP contribution >= 0.6 is 0 Å². The Kier molecular flexibility index (Phi) is 6.56. The molecule has 31 heavy (non-hydrogen) atoms. The van der Waals surface area contributed by atoms with E-state index < -0.39 is 16.0 Å². The summed E-state index contributed by atoms with van der Waals surface area (Å²) >= 11 is 0. The summed E-state index contributed by atoms with van der Waals surface area (Å²) in [7, 11) is -1.22. The van der Waals surface area contributed by atoms with E-state index in [9.17, 15) is 18.0 Å². The van der Waals surface area contributed by atoms with Gasteiger partial charge in [0, 0.05) is 11.3 Å². The summed E-state index contributed by atoms with van der Waals surface area (Å²) in [4.78, 5) is 24.0. The van der Waals surface area contributed by atoms with Crippen LogP contribution in [0.5, 0.6) is 5.75 Å². The number of amides is 1. The molecule has 3 rings (SSSR count). The number of anilines is 2. The molecule has 0 aliphatic carbocycles. The van der Waals surface area contributed by atoms with Crippen LogP contribution in [0.1, 0.15) is 20.7 Å². The first-order valence-electron chi connectivity index (χ1n) is 9.09. The van der Waals surface area contributed by atoms with Crippen molar-refractivity contribution in [3.63, 3.8) is 0 Å². The van der Waals surface area contributed by atoms with Gasteiger partial charge in [-0.05, 0) is 54.6 Å². The van der Waals surface area contributed by atoms with Crippen molar-refractivity contribution in [3.8, 4) is 5.75 Å². The van der Waals surface area contributed by atoms with Crippen molar-refractivity contribution in [1.29, 1.82) is 0 Å². The number of sulfonamides is 1. The zero-order valence-electron chi connectivity index (χ0n) is 16.8. The van der Waals surface area contributed by atoms with Gasteiger partial charge in [0.1, 0.15) is 5.75 Å². The smallest absolute Gasteiger partial charge is 0.337 e. The number of rotatable bonds is 7. The lowest BCUT2D eigenvalue weighted by molar-refractivity contribution is 0.0600. The van der Waals surface area contributed by atoms with Gasteiger partial charge in [-0.25, -0.2) is 13.2 Å². The molecule has 0 fully saturated rings. The number of carbonyl (C=O) groups is 2. The minimum Gasteiger partial charge on any atom is -0.495 e. The Morgan fingerprint density at radius 3 is 2.23 bits per heavy atom. The second kappa shape index (κ2) is 9.31. The first-order chi connectivity index (χ1) is 14.8. The maximum Gasteiger partial charge on any atom is 0.337 e. The van der Waals surface area contributed by atoms with E-state index >= 15 is 0 Å². The second-order valence-corrected chi connectivity index (χ2v) is 8.04. The Labute approximate surface area is 179 Å². The maximum absolute atomic E-state index is 12.6. The number of hydrogen-bond donors (Lipinski definition) is 2. The largest absolute Gasteiger partial charge is 0.495 e. The third-order valence-electron chi connectivity index (χ3n) is 4.32. The first-order valence-corrected chi connectivity index (χ1v) is 10.6. The standard InChI is InChI=1S/C22H20N2O6S/c1-29-20-9-4-3-8-19(20)23-21(25)15-10-12-17(13-11-15)24-31(27,28)18-7-5-6-16(14-18)22(26)30-2/h3-14,24H,1-2H3,(H,23,25). The van der Waals surface area contributed by atoms with Crippen LogP contribution in [-0.2, 0) is 14.8 Å². The van der Waals surface area contributed by atoms with Crippen molar-refractivity contribution in [3.05, 3.63) is 83.9 Å². The predicted molar refractivity (Wildman–Crippen MR) is 116 cm³/mol. The average molecular weight is 440 g/mol. The highest BCUT2D eigenvalue weighted by Gasteiger charge is 2.17. The second-order valence-electron chi connectivity index (χ2n) is 6.36. The van der Waals surface area contributed by atoms with E-state index in [1.54, 1.807) is 24.3 Å². The third-order valence-corrected chi connectivity index (χ3v) is 5.70. The SMILES string of the molecule is COC(=O)c1cccc(S(=O)(=O)Nc2ccc(C(=O)Nc3ccccc3OC)cc2)c1. The first kappa shape index (κ1) is 21.8. The third kappa shape index (κ3) is 5.20. The van der Waals surface area contributed by atoms with E-state index in [-0.39, 0.29) is 22.1 Å². The fourth-order valence-corrected chi connectivity index (χ4v) is 3.86. The Balaban J connectivity index is 1.74. The van der Waals surface area contributed by atoms with Gasteiger partial charge in [-0.3, -0.25) is 9.52 Å². The van der Waals surface area contributed by atoms with Gasteiger partial charge in [-0.2, -0.15) is 0 Å². The Hall–Kier alpha value is -3.85. The van der Waals surface area contributed by atoms with Crippen molar-refractivity contribution in [1.82, 2.24) is 0 Å². The highest BCUT2D eigenvalue weighted by Crippen LogP contribution is 2.24. The molecule has 0 unspecified atom stereocenters. The normalized spacial score (nSPS) is 10.8. The quantitative estimate of drug-likeness (QED) is 0.544. The van der Waals surface area contributed by atoms with Crippen molar-refractivity contribution in [2.45, 2.75) is 4.90 Å². The number of hydrogen-bond acceptors (Lipinski definition) is 6. The number of benzene rings is 3. The molecule has 160 valence electrons. The molecule has 0 heterocycles. The van der Waals surface area contributed by atoms with Gasteiger partial charge in [-0.15, -0.1) is 0 Å². The lowest BCUT2D eigenvalue weighted by Gasteiger charge is -2.11. The topological polar surface area (TPSA) is 111 Å². The molecule has 0 aromatic heterocycles. The lowest BCUT2D eigenvalue weighted by atomic mass is 10.2. The number of carbonyl (C=O) groups excluding carboxylic acids is 2. The summed E-state index contributed by atoms with van der Waals surface area (Å²) in [6.45, 7) is 0. The molecule has 9 heteroatoms. The molecular weight excluding hydrogens is 420 g/mol. The van der Waals surface area contributed by atoms with Crippen LogP contribution in [0.15, 0.2) is 77.7 Å².